The van der Waals surface area contributed by atoms with Crippen LogP contribution in [0.5, 0.6) is 0 Å². The fraction of sp³-hybridized carbons (Fsp3) is 0.333. The molecule has 4 nitrogen and oxygen atoms in total. The molecule has 0 saturated heterocycles. The van der Waals surface area contributed by atoms with E-state index in [-0.39, 0.29) is 17.0 Å². The van der Waals surface area contributed by atoms with E-state index in [0.29, 0.717) is 15.7 Å². The molecular formula is C18H19Cl2N3OS2. The number of hydrogen-bond acceptors (Lipinski definition) is 5. The lowest BCUT2D eigenvalue weighted by atomic mass is 10.2. The van der Waals surface area contributed by atoms with Crippen molar-refractivity contribution in [1.82, 2.24) is 0 Å². The normalized spacial score (nSPS) is 15.8. The third-order valence-corrected chi connectivity index (χ3v) is 7.02. The summed E-state index contributed by atoms with van der Waals surface area (Å²) in [6, 6.07) is 7.37. The predicted octanol–water partition coefficient (Wildman–Crippen LogP) is 6.22. The Morgan fingerprint density at radius 1 is 1.35 bits per heavy atom. The quantitative estimate of drug-likeness (QED) is 0.574. The van der Waals surface area contributed by atoms with Crippen LogP contribution in [0, 0.1) is 0 Å². The predicted molar refractivity (Wildman–Crippen MR) is 115 cm³/mol. The van der Waals surface area contributed by atoms with Crippen LogP contribution in [0.1, 0.15) is 36.1 Å². The van der Waals surface area contributed by atoms with Gasteiger partial charge in [-0.3, -0.25) is 9.79 Å². The fourth-order valence-corrected chi connectivity index (χ4v) is 4.96. The standard InChI is InChI=1S/C18H19Cl2N3OS2/c1-3-10-8-11-17(22-14(4-2)23-18(11)26-10)25-9-15(24)21-13-7-5-6-12(19)16(13)20/h5-8,17H,3-4,9H2,1-2H3,(H,21,24)(H,22,23). The molecule has 1 amide bonds. The molecule has 2 heterocycles. The Morgan fingerprint density at radius 2 is 2.15 bits per heavy atom. The van der Waals surface area contributed by atoms with Gasteiger partial charge in [0, 0.05) is 16.9 Å². The van der Waals surface area contributed by atoms with Crippen LogP contribution in [-0.2, 0) is 11.2 Å². The Balaban J connectivity index is 1.68. The van der Waals surface area contributed by atoms with Gasteiger partial charge in [0.2, 0.25) is 5.91 Å². The molecule has 138 valence electrons. The van der Waals surface area contributed by atoms with Crippen LogP contribution in [0.25, 0.3) is 0 Å². The number of benzene rings is 1. The van der Waals surface area contributed by atoms with Gasteiger partial charge in [0.25, 0.3) is 0 Å². The Morgan fingerprint density at radius 3 is 2.88 bits per heavy atom. The van der Waals surface area contributed by atoms with E-state index < -0.39 is 0 Å². The molecule has 0 saturated carbocycles. The summed E-state index contributed by atoms with van der Waals surface area (Å²) >= 11 is 15.4. The Hall–Kier alpha value is -1.21. The number of carbonyl (C=O) groups excluding carboxylic acids is 1. The summed E-state index contributed by atoms with van der Waals surface area (Å²) in [7, 11) is 0. The molecule has 26 heavy (non-hydrogen) atoms. The van der Waals surface area contributed by atoms with Crippen molar-refractivity contribution in [2.45, 2.75) is 32.1 Å². The first-order valence-corrected chi connectivity index (χ1v) is 11.0. The lowest BCUT2D eigenvalue weighted by Crippen LogP contribution is -2.19. The molecule has 0 bridgehead atoms. The Labute approximate surface area is 171 Å². The van der Waals surface area contributed by atoms with Crippen molar-refractivity contribution in [3.63, 3.8) is 0 Å². The topological polar surface area (TPSA) is 53.5 Å². The zero-order chi connectivity index (χ0) is 18.7. The first-order valence-electron chi connectivity index (χ1n) is 8.33. The van der Waals surface area contributed by atoms with Crippen LogP contribution >= 0.6 is 46.3 Å². The first-order chi connectivity index (χ1) is 12.5. The van der Waals surface area contributed by atoms with E-state index in [1.807, 2.05) is 0 Å². The van der Waals surface area contributed by atoms with Crippen molar-refractivity contribution in [2.75, 3.05) is 16.4 Å². The number of fused-ring (bicyclic) bond motifs is 1. The number of anilines is 2. The van der Waals surface area contributed by atoms with Crippen LogP contribution in [-0.4, -0.2) is 17.5 Å². The van der Waals surface area contributed by atoms with Crippen molar-refractivity contribution in [1.29, 1.82) is 0 Å². The second-order valence-electron chi connectivity index (χ2n) is 5.72. The number of hydrogen-bond donors (Lipinski definition) is 2. The lowest BCUT2D eigenvalue weighted by Gasteiger charge is -2.21. The average Bonchev–Trinajstić information content (AvgIpc) is 3.06. The van der Waals surface area contributed by atoms with E-state index in [0.717, 1.165) is 29.2 Å². The molecule has 1 aliphatic rings. The number of aryl methyl sites for hydroxylation is 1. The molecule has 3 rings (SSSR count). The zero-order valence-electron chi connectivity index (χ0n) is 14.4. The van der Waals surface area contributed by atoms with Crippen molar-refractivity contribution in [2.24, 2.45) is 4.99 Å². The molecule has 1 aliphatic heterocycles. The number of amides is 1. The molecule has 1 unspecified atom stereocenters. The number of aliphatic imine (C=N–C) groups is 1. The van der Waals surface area contributed by atoms with Gasteiger partial charge in [-0.05, 0) is 24.6 Å². The number of nitrogens with one attached hydrogen (secondary N) is 2. The summed E-state index contributed by atoms with van der Waals surface area (Å²) in [5.41, 5.74) is 1.68. The second-order valence-corrected chi connectivity index (χ2v) is 8.71. The lowest BCUT2D eigenvalue weighted by molar-refractivity contribution is -0.113. The van der Waals surface area contributed by atoms with Gasteiger partial charge in [0.15, 0.2) is 0 Å². The van der Waals surface area contributed by atoms with Gasteiger partial charge in [0.05, 0.1) is 21.5 Å². The van der Waals surface area contributed by atoms with Crippen molar-refractivity contribution >= 4 is 68.7 Å². The summed E-state index contributed by atoms with van der Waals surface area (Å²) in [5.74, 6) is 1.11. The summed E-state index contributed by atoms with van der Waals surface area (Å²) in [4.78, 5) is 18.4. The third kappa shape index (κ3) is 4.36. The van der Waals surface area contributed by atoms with Gasteiger partial charge < -0.3 is 10.6 Å². The highest BCUT2D eigenvalue weighted by Gasteiger charge is 2.24. The molecule has 1 atom stereocenters. The van der Waals surface area contributed by atoms with Gasteiger partial charge in [-0.1, -0.05) is 43.1 Å². The minimum absolute atomic E-state index is 0.0710. The van der Waals surface area contributed by atoms with Crippen LogP contribution in [0.15, 0.2) is 29.3 Å². The van der Waals surface area contributed by atoms with Crippen molar-refractivity contribution in [3.05, 3.63) is 44.8 Å². The van der Waals surface area contributed by atoms with E-state index in [9.17, 15) is 4.79 Å². The Kier molecular flexibility index (Phi) is 6.51. The van der Waals surface area contributed by atoms with Gasteiger partial charge in [0.1, 0.15) is 16.2 Å². The molecule has 0 aliphatic carbocycles. The number of nitrogens with zero attached hydrogens (tertiary/aromatic N) is 1. The largest absolute Gasteiger partial charge is 0.335 e. The number of thioether (sulfide) groups is 1. The highest BCUT2D eigenvalue weighted by Crippen LogP contribution is 2.43. The summed E-state index contributed by atoms with van der Waals surface area (Å²) < 4.78 is 0. The van der Waals surface area contributed by atoms with Gasteiger partial charge in [-0.25, -0.2) is 0 Å². The van der Waals surface area contributed by atoms with Crippen molar-refractivity contribution in [3.8, 4) is 0 Å². The maximum absolute atomic E-state index is 12.3. The van der Waals surface area contributed by atoms with E-state index in [1.54, 1.807) is 29.5 Å². The van der Waals surface area contributed by atoms with E-state index in [1.165, 1.54) is 16.6 Å². The minimum Gasteiger partial charge on any atom is -0.335 e. The summed E-state index contributed by atoms with van der Waals surface area (Å²) in [6.45, 7) is 4.21. The van der Waals surface area contributed by atoms with Gasteiger partial charge >= 0.3 is 0 Å². The molecule has 0 fully saturated rings. The number of halogens is 2. The third-order valence-electron chi connectivity index (χ3n) is 3.89. The number of rotatable bonds is 6. The van der Waals surface area contributed by atoms with Crippen LogP contribution in [0.2, 0.25) is 10.0 Å². The minimum atomic E-state index is -0.126. The smallest absolute Gasteiger partial charge is 0.234 e. The fourth-order valence-electron chi connectivity index (χ4n) is 2.54. The highest BCUT2D eigenvalue weighted by molar-refractivity contribution is 8.00. The first kappa shape index (κ1) is 19.5. The number of carbonyl (C=O) groups is 1. The van der Waals surface area contributed by atoms with E-state index in [2.05, 4.69) is 30.5 Å². The van der Waals surface area contributed by atoms with Crippen molar-refractivity contribution < 1.29 is 4.79 Å². The molecule has 2 N–H and O–H groups in total. The summed E-state index contributed by atoms with van der Waals surface area (Å²) in [6.07, 6.45) is 1.83. The Bertz CT molecular complexity index is 851. The second kappa shape index (κ2) is 8.65. The molecule has 8 heteroatoms. The number of thiophene rings is 1. The van der Waals surface area contributed by atoms with Gasteiger partial charge in [-0.15, -0.1) is 23.1 Å². The summed E-state index contributed by atoms with van der Waals surface area (Å²) in [5, 5.41) is 8.06. The maximum atomic E-state index is 12.3. The highest BCUT2D eigenvalue weighted by atomic mass is 35.5. The van der Waals surface area contributed by atoms with E-state index >= 15 is 0 Å². The molecule has 0 spiro atoms. The van der Waals surface area contributed by atoms with Crippen LogP contribution < -0.4 is 10.6 Å². The SMILES string of the molecule is CCC1=NC(SCC(=O)Nc2cccc(Cl)c2Cl)c2cc(CC)sc2N1. The van der Waals surface area contributed by atoms with Crippen LogP contribution in [0.3, 0.4) is 0 Å². The monoisotopic (exact) mass is 427 g/mol. The number of amidine groups is 1. The zero-order valence-corrected chi connectivity index (χ0v) is 17.6. The molecule has 1 aromatic carbocycles. The molecule has 0 radical (unpaired) electrons. The van der Waals surface area contributed by atoms with Gasteiger partial charge in [-0.2, -0.15) is 0 Å². The average molecular weight is 428 g/mol. The van der Waals surface area contributed by atoms with E-state index in [4.69, 9.17) is 28.2 Å². The molecular weight excluding hydrogens is 409 g/mol. The molecule has 2 aromatic rings. The molecule has 1 aromatic heterocycles. The van der Waals surface area contributed by atoms with Crippen LogP contribution in [0.4, 0.5) is 10.7 Å². The maximum Gasteiger partial charge on any atom is 0.234 e.